The molecule has 94 valence electrons. The van der Waals surface area contributed by atoms with Crippen LogP contribution in [-0.4, -0.2) is 53.5 Å². The van der Waals surface area contributed by atoms with E-state index in [-0.39, 0.29) is 5.91 Å². The Hall–Kier alpha value is -1.40. The quantitative estimate of drug-likeness (QED) is 0.649. The lowest BCUT2D eigenvalue weighted by Crippen LogP contribution is -2.38. The van der Waals surface area contributed by atoms with E-state index in [0.29, 0.717) is 13.1 Å². The molecule has 0 bridgehead atoms. The number of H-pyrrole nitrogens is 1. The van der Waals surface area contributed by atoms with Crippen molar-refractivity contribution in [1.29, 1.82) is 0 Å². The summed E-state index contributed by atoms with van der Waals surface area (Å²) >= 11 is 0. The molecule has 0 unspecified atom stereocenters. The number of aromatic amines is 1. The Kier molecular flexibility index (Phi) is 4.52. The number of imidazole rings is 1. The number of nitrogens with zero attached hydrogens (tertiary/aromatic N) is 2. The molecule has 1 aromatic rings. The Labute approximate surface area is 101 Å². The second-order valence-corrected chi connectivity index (χ2v) is 4.19. The van der Waals surface area contributed by atoms with Crippen molar-refractivity contribution in [3.63, 3.8) is 0 Å². The molecule has 6 nitrogen and oxygen atoms in total. The minimum atomic E-state index is 0.0586. The van der Waals surface area contributed by atoms with Gasteiger partial charge in [0.15, 0.2) is 0 Å². The van der Waals surface area contributed by atoms with Crippen LogP contribution < -0.4 is 10.6 Å². The van der Waals surface area contributed by atoms with Gasteiger partial charge in [-0.25, -0.2) is 4.98 Å². The van der Waals surface area contributed by atoms with Gasteiger partial charge in [0.25, 0.3) is 0 Å². The van der Waals surface area contributed by atoms with E-state index in [1.165, 1.54) is 0 Å². The number of amides is 1. The van der Waals surface area contributed by atoms with Crippen LogP contribution >= 0.6 is 0 Å². The van der Waals surface area contributed by atoms with Gasteiger partial charge in [0.1, 0.15) is 5.82 Å². The van der Waals surface area contributed by atoms with Crippen molar-refractivity contribution in [3.8, 4) is 0 Å². The lowest BCUT2D eigenvalue weighted by atomic mass is 10.4. The molecule has 1 aliphatic rings. The summed E-state index contributed by atoms with van der Waals surface area (Å²) in [6.45, 7) is 4.88. The molecule has 0 spiro atoms. The molecule has 1 amide bonds. The third-order valence-electron chi connectivity index (χ3n) is 2.81. The topological polar surface area (TPSA) is 73.1 Å². The highest BCUT2D eigenvalue weighted by atomic mass is 16.2. The Bertz CT molecular complexity index is 330. The van der Waals surface area contributed by atoms with Crippen molar-refractivity contribution in [2.75, 3.05) is 32.7 Å². The number of hydrogen-bond donors (Lipinski definition) is 3. The second kappa shape index (κ2) is 6.36. The van der Waals surface area contributed by atoms with E-state index in [0.717, 1.165) is 38.4 Å². The highest BCUT2D eigenvalue weighted by Crippen LogP contribution is 1.95. The van der Waals surface area contributed by atoms with Gasteiger partial charge in [-0.15, -0.1) is 0 Å². The maximum absolute atomic E-state index is 11.7. The SMILES string of the molecule is O=C(CN1CCCNCC1)NCc1ncc[nH]1. The second-order valence-electron chi connectivity index (χ2n) is 4.19. The zero-order chi connectivity index (χ0) is 11.9. The van der Waals surface area contributed by atoms with Gasteiger partial charge in [0.05, 0.1) is 13.1 Å². The van der Waals surface area contributed by atoms with Crippen LogP contribution in [-0.2, 0) is 11.3 Å². The van der Waals surface area contributed by atoms with E-state index in [2.05, 4.69) is 25.5 Å². The van der Waals surface area contributed by atoms with Gasteiger partial charge >= 0.3 is 0 Å². The summed E-state index contributed by atoms with van der Waals surface area (Å²) in [5.74, 6) is 0.846. The Morgan fingerprint density at radius 3 is 3.24 bits per heavy atom. The van der Waals surface area contributed by atoms with Gasteiger partial charge in [-0.05, 0) is 19.5 Å². The molecule has 3 N–H and O–H groups in total. The average Bonchev–Trinajstić information content (AvgIpc) is 2.72. The summed E-state index contributed by atoms with van der Waals surface area (Å²) < 4.78 is 0. The van der Waals surface area contributed by atoms with Crippen molar-refractivity contribution in [2.45, 2.75) is 13.0 Å². The van der Waals surface area contributed by atoms with Gasteiger partial charge < -0.3 is 15.6 Å². The summed E-state index contributed by atoms with van der Waals surface area (Å²) in [4.78, 5) is 20.9. The molecule has 6 heteroatoms. The molecule has 1 aromatic heterocycles. The highest BCUT2D eigenvalue weighted by molar-refractivity contribution is 5.77. The van der Waals surface area contributed by atoms with Gasteiger partial charge in [-0.2, -0.15) is 0 Å². The van der Waals surface area contributed by atoms with Crippen LogP contribution in [0.15, 0.2) is 12.4 Å². The predicted octanol–water partition coefficient (Wildman–Crippen LogP) is -0.679. The van der Waals surface area contributed by atoms with E-state index in [1.807, 2.05) is 0 Å². The van der Waals surface area contributed by atoms with Gasteiger partial charge in [-0.1, -0.05) is 0 Å². The molecule has 17 heavy (non-hydrogen) atoms. The minimum Gasteiger partial charge on any atom is -0.348 e. The average molecular weight is 237 g/mol. The molecule has 2 heterocycles. The van der Waals surface area contributed by atoms with Crippen LogP contribution in [0, 0.1) is 0 Å². The number of carbonyl (C=O) groups is 1. The number of aromatic nitrogens is 2. The van der Waals surface area contributed by atoms with Crippen molar-refractivity contribution in [3.05, 3.63) is 18.2 Å². The molecule has 1 aliphatic heterocycles. The zero-order valence-corrected chi connectivity index (χ0v) is 9.91. The summed E-state index contributed by atoms with van der Waals surface area (Å²) in [6, 6.07) is 0. The Morgan fingerprint density at radius 1 is 1.47 bits per heavy atom. The Balaban J connectivity index is 1.69. The highest BCUT2D eigenvalue weighted by Gasteiger charge is 2.12. The number of carbonyl (C=O) groups excluding carboxylic acids is 1. The third kappa shape index (κ3) is 4.16. The molecule has 0 aliphatic carbocycles. The first kappa shape index (κ1) is 12.1. The summed E-state index contributed by atoms with van der Waals surface area (Å²) in [7, 11) is 0. The summed E-state index contributed by atoms with van der Waals surface area (Å²) in [5.41, 5.74) is 0. The first-order valence-corrected chi connectivity index (χ1v) is 6.02. The van der Waals surface area contributed by atoms with Gasteiger partial charge in [-0.3, -0.25) is 9.69 Å². The maximum Gasteiger partial charge on any atom is 0.234 e. The monoisotopic (exact) mass is 237 g/mol. The third-order valence-corrected chi connectivity index (χ3v) is 2.81. The Morgan fingerprint density at radius 2 is 2.41 bits per heavy atom. The van der Waals surface area contributed by atoms with Crippen LogP contribution in [0.2, 0.25) is 0 Å². The van der Waals surface area contributed by atoms with Crippen LogP contribution in [0.3, 0.4) is 0 Å². The predicted molar refractivity (Wildman–Crippen MR) is 64.4 cm³/mol. The van der Waals surface area contributed by atoms with E-state index in [4.69, 9.17) is 0 Å². The largest absolute Gasteiger partial charge is 0.348 e. The lowest BCUT2D eigenvalue weighted by Gasteiger charge is -2.18. The van der Waals surface area contributed by atoms with Crippen molar-refractivity contribution in [2.24, 2.45) is 0 Å². The number of nitrogens with one attached hydrogen (secondary N) is 3. The van der Waals surface area contributed by atoms with Crippen LogP contribution in [0.4, 0.5) is 0 Å². The number of hydrogen-bond acceptors (Lipinski definition) is 4. The van der Waals surface area contributed by atoms with Crippen molar-refractivity contribution >= 4 is 5.91 Å². The van der Waals surface area contributed by atoms with E-state index in [9.17, 15) is 4.79 Å². The fourth-order valence-corrected chi connectivity index (χ4v) is 1.90. The van der Waals surface area contributed by atoms with Crippen LogP contribution in [0.1, 0.15) is 12.2 Å². The summed E-state index contributed by atoms with van der Waals surface area (Å²) in [6.07, 6.45) is 4.54. The molecular formula is C11H19N5O. The van der Waals surface area contributed by atoms with E-state index >= 15 is 0 Å². The van der Waals surface area contributed by atoms with E-state index < -0.39 is 0 Å². The van der Waals surface area contributed by atoms with Gasteiger partial charge in [0.2, 0.25) is 5.91 Å². The number of rotatable bonds is 4. The molecule has 0 aromatic carbocycles. The smallest absolute Gasteiger partial charge is 0.234 e. The first-order chi connectivity index (χ1) is 8.34. The molecular weight excluding hydrogens is 218 g/mol. The first-order valence-electron chi connectivity index (χ1n) is 6.02. The normalized spacial score (nSPS) is 17.6. The molecule has 1 saturated heterocycles. The zero-order valence-electron chi connectivity index (χ0n) is 9.91. The van der Waals surface area contributed by atoms with E-state index in [1.54, 1.807) is 12.4 Å². The van der Waals surface area contributed by atoms with Crippen LogP contribution in [0.5, 0.6) is 0 Å². The molecule has 2 rings (SSSR count). The summed E-state index contributed by atoms with van der Waals surface area (Å²) in [5, 5.41) is 6.17. The fraction of sp³-hybridized carbons (Fsp3) is 0.636. The standard InChI is InChI=1S/C11H19N5O/c17-11(15-8-10-13-3-4-14-10)9-16-6-1-2-12-5-7-16/h3-4,12H,1-2,5-9H2,(H,13,14)(H,15,17). The molecule has 0 saturated carbocycles. The maximum atomic E-state index is 11.7. The van der Waals surface area contributed by atoms with Gasteiger partial charge in [0, 0.05) is 25.5 Å². The molecule has 0 atom stereocenters. The van der Waals surface area contributed by atoms with Crippen LogP contribution in [0.25, 0.3) is 0 Å². The molecule has 1 fully saturated rings. The lowest BCUT2D eigenvalue weighted by molar-refractivity contribution is -0.122. The minimum absolute atomic E-state index is 0.0586. The fourth-order valence-electron chi connectivity index (χ4n) is 1.90. The molecule has 0 radical (unpaired) electrons. The van der Waals surface area contributed by atoms with Crippen molar-refractivity contribution in [1.82, 2.24) is 25.5 Å². The van der Waals surface area contributed by atoms with Crippen molar-refractivity contribution < 1.29 is 4.79 Å².